The Morgan fingerprint density at radius 2 is 1.95 bits per heavy atom. The first-order valence-corrected chi connectivity index (χ1v) is 8.84. The van der Waals surface area contributed by atoms with E-state index in [1.54, 1.807) is 5.38 Å². The molecule has 1 aromatic heterocycles. The van der Waals surface area contributed by atoms with Crippen LogP contribution in [0.25, 0.3) is 0 Å². The van der Waals surface area contributed by atoms with Crippen LogP contribution in [-0.2, 0) is 10.0 Å². The zero-order valence-corrected chi connectivity index (χ0v) is 12.5. The molecule has 20 heavy (non-hydrogen) atoms. The summed E-state index contributed by atoms with van der Waals surface area (Å²) in [6.07, 6.45) is 2.13. The van der Waals surface area contributed by atoms with E-state index < -0.39 is 10.0 Å². The van der Waals surface area contributed by atoms with Gasteiger partial charge in [0.2, 0.25) is 0 Å². The number of sulfonamides is 1. The Balaban J connectivity index is 1.87. The van der Waals surface area contributed by atoms with Gasteiger partial charge in [0.05, 0.1) is 0 Å². The van der Waals surface area contributed by atoms with Crippen molar-refractivity contribution in [2.75, 3.05) is 5.73 Å². The monoisotopic (exact) mass is 308 g/mol. The summed E-state index contributed by atoms with van der Waals surface area (Å²) in [5.74, 6) is 0.393. The van der Waals surface area contributed by atoms with E-state index in [0.29, 0.717) is 11.6 Å². The summed E-state index contributed by atoms with van der Waals surface area (Å²) in [5.41, 5.74) is 7.11. The van der Waals surface area contributed by atoms with Gasteiger partial charge in [-0.05, 0) is 30.4 Å². The second kappa shape index (κ2) is 5.20. The molecule has 1 atom stereocenters. The maximum atomic E-state index is 12.4. The first-order valence-electron chi connectivity index (χ1n) is 6.47. The van der Waals surface area contributed by atoms with Gasteiger partial charge in [0, 0.05) is 17.1 Å². The van der Waals surface area contributed by atoms with Crippen molar-refractivity contribution in [1.82, 2.24) is 4.72 Å². The van der Waals surface area contributed by atoms with Gasteiger partial charge in [-0.2, -0.15) is 0 Å². The Bertz CT molecular complexity index is 691. The van der Waals surface area contributed by atoms with Crippen LogP contribution in [0.15, 0.2) is 46.0 Å². The lowest BCUT2D eigenvalue weighted by atomic mass is 10.0. The molecule has 1 aliphatic rings. The molecule has 0 saturated heterocycles. The van der Waals surface area contributed by atoms with Crippen molar-refractivity contribution in [2.24, 2.45) is 5.92 Å². The third kappa shape index (κ3) is 2.87. The van der Waals surface area contributed by atoms with Crippen molar-refractivity contribution in [3.8, 4) is 0 Å². The standard InChI is InChI=1S/C14H16N2O2S2/c15-12-8-13(19-9-12)20(17,18)16-14(11-6-7-11)10-4-2-1-3-5-10/h1-5,8-9,11,14,16H,6-7,15H2. The van der Waals surface area contributed by atoms with Crippen molar-refractivity contribution in [2.45, 2.75) is 23.1 Å². The number of anilines is 1. The maximum absolute atomic E-state index is 12.4. The molecule has 0 spiro atoms. The normalized spacial score (nSPS) is 17.0. The lowest BCUT2D eigenvalue weighted by Crippen LogP contribution is -2.29. The van der Waals surface area contributed by atoms with Crippen molar-refractivity contribution in [3.63, 3.8) is 0 Å². The van der Waals surface area contributed by atoms with Crippen LogP contribution in [0.3, 0.4) is 0 Å². The molecule has 4 nitrogen and oxygen atoms in total. The molecule has 0 amide bonds. The summed E-state index contributed by atoms with van der Waals surface area (Å²) in [5, 5.41) is 1.64. The van der Waals surface area contributed by atoms with Gasteiger partial charge in [0.25, 0.3) is 10.0 Å². The second-order valence-corrected chi connectivity index (χ2v) is 7.90. The van der Waals surface area contributed by atoms with Crippen LogP contribution in [0, 0.1) is 5.92 Å². The third-order valence-electron chi connectivity index (χ3n) is 3.39. The predicted molar refractivity (Wildman–Crippen MR) is 81.0 cm³/mol. The van der Waals surface area contributed by atoms with Gasteiger partial charge in [-0.1, -0.05) is 30.3 Å². The van der Waals surface area contributed by atoms with E-state index in [1.807, 2.05) is 30.3 Å². The largest absolute Gasteiger partial charge is 0.398 e. The molecule has 1 saturated carbocycles. The molecule has 106 valence electrons. The highest BCUT2D eigenvalue weighted by Crippen LogP contribution is 2.42. The molecule has 1 heterocycles. The highest BCUT2D eigenvalue weighted by atomic mass is 32.2. The molecule has 2 aromatic rings. The first-order chi connectivity index (χ1) is 9.56. The van der Waals surface area contributed by atoms with Crippen LogP contribution < -0.4 is 10.5 Å². The van der Waals surface area contributed by atoms with Crippen molar-refractivity contribution in [3.05, 3.63) is 47.3 Å². The lowest BCUT2D eigenvalue weighted by molar-refractivity contribution is 0.530. The van der Waals surface area contributed by atoms with Crippen LogP contribution in [-0.4, -0.2) is 8.42 Å². The summed E-state index contributed by atoms with van der Waals surface area (Å²) >= 11 is 1.15. The molecule has 0 bridgehead atoms. The van der Waals surface area contributed by atoms with Crippen LogP contribution >= 0.6 is 11.3 Å². The van der Waals surface area contributed by atoms with E-state index in [1.165, 1.54) is 6.07 Å². The summed E-state index contributed by atoms with van der Waals surface area (Å²) < 4.78 is 27.9. The Morgan fingerprint density at radius 1 is 1.25 bits per heavy atom. The highest BCUT2D eigenvalue weighted by molar-refractivity contribution is 7.91. The number of rotatable bonds is 5. The van der Waals surface area contributed by atoms with Crippen LogP contribution in [0.2, 0.25) is 0 Å². The molecule has 3 rings (SSSR count). The Labute approximate surface area is 122 Å². The fourth-order valence-corrected chi connectivity index (χ4v) is 4.61. The zero-order chi connectivity index (χ0) is 14.2. The average molecular weight is 308 g/mol. The Hall–Kier alpha value is -1.37. The van der Waals surface area contributed by atoms with Gasteiger partial charge in [-0.25, -0.2) is 13.1 Å². The average Bonchev–Trinajstić information content (AvgIpc) is 3.18. The van der Waals surface area contributed by atoms with Gasteiger partial charge < -0.3 is 5.73 Å². The highest BCUT2D eigenvalue weighted by Gasteiger charge is 2.35. The predicted octanol–water partition coefficient (Wildman–Crippen LogP) is 2.76. The maximum Gasteiger partial charge on any atom is 0.250 e. The number of nitrogen functional groups attached to an aromatic ring is 1. The van der Waals surface area contributed by atoms with Crippen LogP contribution in [0.5, 0.6) is 0 Å². The van der Waals surface area contributed by atoms with Crippen molar-refractivity contribution in [1.29, 1.82) is 0 Å². The van der Waals surface area contributed by atoms with Crippen molar-refractivity contribution >= 4 is 27.0 Å². The van der Waals surface area contributed by atoms with Gasteiger partial charge in [-0.3, -0.25) is 0 Å². The number of hydrogen-bond donors (Lipinski definition) is 2. The van der Waals surface area contributed by atoms with Gasteiger partial charge in [0.1, 0.15) is 4.21 Å². The minimum atomic E-state index is -3.50. The van der Waals surface area contributed by atoms with E-state index in [2.05, 4.69) is 4.72 Å². The topological polar surface area (TPSA) is 72.2 Å². The van der Waals surface area contributed by atoms with E-state index in [4.69, 9.17) is 5.73 Å². The fraction of sp³-hybridized carbons (Fsp3) is 0.286. The molecule has 1 unspecified atom stereocenters. The summed E-state index contributed by atoms with van der Waals surface area (Å²) in [6.45, 7) is 0. The zero-order valence-electron chi connectivity index (χ0n) is 10.8. The van der Waals surface area contributed by atoms with Gasteiger partial charge in [-0.15, -0.1) is 11.3 Å². The number of nitrogens with two attached hydrogens (primary N) is 1. The minimum absolute atomic E-state index is 0.149. The van der Waals surface area contributed by atoms with Gasteiger partial charge >= 0.3 is 0 Å². The molecule has 1 fully saturated rings. The molecular formula is C14H16N2O2S2. The summed E-state index contributed by atoms with van der Waals surface area (Å²) in [7, 11) is -3.50. The molecule has 0 radical (unpaired) electrons. The van der Waals surface area contributed by atoms with Crippen LogP contribution in [0.1, 0.15) is 24.4 Å². The van der Waals surface area contributed by atoms with Crippen LogP contribution in [0.4, 0.5) is 5.69 Å². The molecular weight excluding hydrogens is 292 g/mol. The number of benzene rings is 1. The summed E-state index contributed by atoms with van der Waals surface area (Å²) in [6, 6.07) is 11.1. The van der Waals surface area contributed by atoms with E-state index in [0.717, 1.165) is 29.7 Å². The Morgan fingerprint density at radius 3 is 2.50 bits per heavy atom. The third-order valence-corrected chi connectivity index (χ3v) is 6.29. The fourth-order valence-electron chi connectivity index (χ4n) is 2.22. The number of hydrogen-bond acceptors (Lipinski definition) is 4. The number of nitrogens with one attached hydrogen (secondary N) is 1. The van der Waals surface area contributed by atoms with E-state index >= 15 is 0 Å². The molecule has 6 heteroatoms. The SMILES string of the molecule is Nc1csc(S(=O)(=O)NC(c2ccccc2)C2CC2)c1. The molecule has 3 N–H and O–H groups in total. The molecule has 1 aromatic carbocycles. The van der Waals surface area contributed by atoms with E-state index in [-0.39, 0.29) is 10.3 Å². The number of thiophene rings is 1. The molecule has 1 aliphatic carbocycles. The second-order valence-electron chi connectivity index (χ2n) is 5.05. The summed E-state index contributed by atoms with van der Waals surface area (Å²) in [4.78, 5) is 0. The lowest BCUT2D eigenvalue weighted by Gasteiger charge is -2.18. The quantitative estimate of drug-likeness (QED) is 0.892. The van der Waals surface area contributed by atoms with Gasteiger partial charge in [0.15, 0.2) is 0 Å². The Kier molecular flexibility index (Phi) is 3.54. The first kappa shape index (κ1) is 13.6. The van der Waals surface area contributed by atoms with E-state index in [9.17, 15) is 8.42 Å². The smallest absolute Gasteiger partial charge is 0.250 e. The minimum Gasteiger partial charge on any atom is -0.398 e. The van der Waals surface area contributed by atoms with Crippen molar-refractivity contribution < 1.29 is 8.42 Å². The molecule has 0 aliphatic heterocycles.